The minimum Gasteiger partial charge on any atom is -0.336 e. The van der Waals surface area contributed by atoms with Gasteiger partial charge in [-0.25, -0.2) is 4.98 Å². The van der Waals surface area contributed by atoms with Gasteiger partial charge >= 0.3 is 0 Å². The fourth-order valence-electron chi connectivity index (χ4n) is 2.27. The quantitative estimate of drug-likeness (QED) is 0.750. The van der Waals surface area contributed by atoms with E-state index in [1.165, 1.54) is 16.9 Å². The summed E-state index contributed by atoms with van der Waals surface area (Å²) in [4.78, 5) is 19.5. The molecule has 1 heterocycles. The van der Waals surface area contributed by atoms with E-state index in [9.17, 15) is 4.79 Å². The lowest BCUT2D eigenvalue weighted by atomic mass is 10.1. The average molecular weight is 390 g/mol. The number of carbonyl (C=O) groups is 1. The number of hydrogen-bond donors (Lipinski definition) is 1. The van der Waals surface area contributed by atoms with E-state index in [2.05, 4.69) is 24.0 Å². The van der Waals surface area contributed by atoms with Gasteiger partial charge in [-0.05, 0) is 24.8 Å². The van der Waals surface area contributed by atoms with Crippen molar-refractivity contribution in [2.45, 2.75) is 26.2 Å². The number of carbonyl (C=O) groups excluding carboxylic acids is 1. The van der Waals surface area contributed by atoms with E-state index < -0.39 is 0 Å². The minimum absolute atomic E-state index is 0. The maximum atomic E-state index is 12.6. The highest BCUT2D eigenvalue weighted by Gasteiger charge is 2.17. The van der Waals surface area contributed by atoms with Crippen molar-refractivity contribution in [2.75, 3.05) is 19.6 Å². The molecule has 0 aliphatic rings. The van der Waals surface area contributed by atoms with Crippen molar-refractivity contribution in [3.8, 4) is 0 Å². The van der Waals surface area contributed by atoms with Crippen molar-refractivity contribution >= 4 is 42.1 Å². The zero-order valence-corrected chi connectivity index (χ0v) is 16.3. The number of rotatable bonds is 8. The van der Waals surface area contributed by atoms with Gasteiger partial charge in [-0.15, -0.1) is 36.2 Å². The fraction of sp³-hybridized carbons (Fsp3) is 0.412. The Morgan fingerprint density at radius 3 is 2.50 bits per heavy atom. The number of benzene rings is 1. The molecule has 0 radical (unpaired) electrons. The van der Waals surface area contributed by atoms with Crippen LogP contribution >= 0.6 is 36.2 Å². The summed E-state index contributed by atoms with van der Waals surface area (Å²) in [5.41, 5.74) is 6.89. The maximum absolute atomic E-state index is 12.6. The number of aryl methyl sites for hydroxylation is 1. The lowest BCUT2D eigenvalue weighted by Crippen LogP contribution is -2.36. The predicted molar refractivity (Wildman–Crippen MR) is 106 cm³/mol. The van der Waals surface area contributed by atoms with E-state index in [0.29, 0.717) is 24.5 Å². The van der Waals surface area contributed by atoms with E-state index >= 15 is 0 Å². The molecular formula is C17H25Cl2N3OS. The van der Waals surface area contributed by atoms with Crippen molar-refractivity contribution in [1.82, 2.24) is 9.88 Å². The number of aromatic nitrogens is 1. The SMILES string of the molecule is CCCc1ncc(C(=O)N(CCN)CCc2ccccc2)s1.Cl.Cl. The van der Waals surface area contributed by atoms with Gasteiger partial charge in [0.2, 0.25) is 0 Å². The van der Waals surface area contributed by atoms with Gasteiger partial charge in [-0.3, -0.25) is 4.79 Å². The molecule has 0 unspecified atom stereocenters. The van der Waals surface area contributed by atoms with Crippen LogP contribution in [-0.2, 0) is 12.8 Å². The average Bonchev–Trinajstić information content (AvgIpc) is 3.01. The molecule has 0 fully saturated rings. The monoisotopic (exact) mass is 389 g/mol. The van der Waals surface area contributed by atoms with Gasteiger partial charge in [0.15, 0.2) is 0 Å². The zero-order valence-electron chi connectivity index (χ0n) is 13.8. The third-order valence-electron chi connectivity index (χ3n) is 3.43. The topological polar surface area (TPSA) is 59.2 Å². The third-order valence-corrected chi connectivity index (χ3v) is 4.47. The second-order valence-corrected chi connectivity index (χ2v) is 6.30. The molecule has 1 aromatic carbocycles. The lowest BCUT2D eigenvalue weighted by molar-refractivity contribution is 0.0766. The molecule has 0 aliphatic heterocycles. The van der Waals surface area contributed by atoms with E-state index in [-0.39, 0.29) is 30.7 Å². The van der Waals surface area contributed by atoms with Gasteiger partial charge in [-0.2, -0.15) is 0 Å². The summed E-state index contributed by atoms with van der Waals surface area (Å²) in [7, 11) is 0. The first-order chi connectivity index (χ1) is 10.7. The van der Waals surface area contributed by atoms with Crippen LogP contribution in [0.3, 0.4) is 0 Å². The Kier molecular flexibility index (Phi) is 11.7. The summed E-state index contributed by atoms with van der Waals surface area (Å²) >= 11 is 1.50. The highest BCUT2D eigenvalue weighted by Crippen LogP contribution is 2.17. The van der Waals surface area contributed by atoms with Gasteiger partial charge in [-0.1, -0.05) is 37.3 Å². The normalized spacial score (nSPS) is 9.75. The Morgan fingerprint density at radius 1 is 1.17 bits per heavy atom. The summed E-state index contributed by atoms with van der Waals surface area (Å²) in [6.07, 6.45) is 4.51. The molecule has 2 N–H and O–H groups in total. The molecule has 0 saturated heterocycles. The predicted octanol–water partition coefficient (Wildman–Crippen LogP) is 3.58. The third kappa shape index (κ3) is 6.77. The smallest absolute Gasteiger partial charge is 0.265 e. The van der Waals surface area contributed by atoms with Gasteiger partial charge in [0, 0.05) is 19.6 Å². The van der Waals surface area contributed by atoms with Crippen molar-refractivity contribution in [3.63, 3.8) is 0 Å². The van der Waals surface area contributed by atoms with Gasteiger partial charge < -0.3 is 10.6 Å². The lowest BCUT2D eigenvalue weighted by Gasteiger charge is -2.21. The van der Waals surface area contributed by atoms with E-state index in [0.717, 1.165) is 24.3 Å². The molecule has 2 rings (SSSR count). The van der Waals surface area contributed by atoms with Crippen LogP contribution in [0.15, 0.2) is 36.5 Å². The van der Waals surface area contributed by atoms with Crippen LogP contribution in [-0.4, -0.2) is 35.4 Å². The standard InChI is InChI=1S/C17H23N3OS.2ClH/c1-2-6-16-19-13-15(22-16)17(21)20(12-10-18)11-9-14-7-4-3-5-8-14;;/h3-5,7-8,13H,2,6,9-12,18H2,1H3;2*1H. The largest absolute Gasteiger partial charge is 0.336 e. The van der Waals surface area contributed by atoms with Crippen LogP contribution in [0.1, 0.15) is 33.6 Å². The second kappa shape index (κ2) is 12.3. The van der Waals surface area contributed by atoms with Crippen LogP contribution in [0.25, 0.3) is 0 Å². The Bertz CT molecular complexity index is 593. The summed E-state index contributed by atoms with van der Waals surface area (Å²) in [6, 6.07) is 10.2. The van der Waals surface area contributed by atoms with E-state index in [4.69, 9.17) is 5.73 Å². The van der Waals surface area contributed by atoms with Crippen LogP contribution in [0.4, 0.5) is 0 Å². The first-order valence-corrected chi connectivity index (χ1v) is 8.54. The first kappa shape index (κ1) is 22.9. The molecule has 0 bridgehead atoms. The van der Waals surface area contributed by atoms with Gasteiger partial charge in [0.25, 0.3) is 5.91 Å². The molecule has 0 aliphatic carbocycles. The number of halogens is 2. The van der Waals surface area contributed by atoms with Crippen LogP contribution in [0, 0.1) is 0 Å². The summed E-state index contributed by atoms with van der Waals surface area (Å²) < 4.78 is 0. The number of nitrogens with two attached hydrogens (primary N) is 1. The highest BCUT2D eigenvalue weighted by molar-refractivity contribution is 7.13. The number of hydrogen-bond acceptors (Lipinski definition) is 4. The second-order valence-electron chi connectivity index (χ2n) is 5.18. The molecular weight excluding hydrogens is 365 g/mol. The summed E-state index contributed by atoms with van der Waals surface area (Å²) in [5.74, 6) is 0.0428. The van der Waals surface area contributed by atoms with Crippen molar-refractivity contribution in [3.05, 3.63) is 52.0 Å². The molecule has 7 heteroatoms. The molecule has 0 atom stereocenters. The highest BCUT2D eigenvalue weighted by atomic mass is 35.5. The zero-order chi connectivity index (χ0) is 15.8. The van der Waals surface area contributed by atoms with Gasteiger partial charge in [0.05, 0.1) is 11.2 Å². The molecule has 0 saturated carbocycles. The molecule has 1 amide bonds. The van der Waals surface area contributed by atoms with Crippen LogP contribution < -0.4 is 5.73 Å². The van der Waals surface area contributed by atoms with Crippen molar-refractivity contribution < 1.29 is 4.79 Å². The Hall–Kier alpha value is -1.14. The summed E-state index contributed by atoms with van der Waals surface area (Å²) in [6.45, 7) is 3.85. The Balaban J connectivity index is 0.00000264. The van der Waals surface area contributed by atoms with Crippen LogP contribution in [0.5, 0.6) is 0 Å². The van der Waals surface area contributed by atoms with Gasteiger partial charge in [0.1, 0.15) is 4.88 Å². The molecule has 1 aromatic heterocycles. The molecule has 2 aromatic rings. The Morgan fingerprint density at radius 2 is 1.88 bits per heavy atom. The summed E-state index contributed by atoms with van der Waals surface area (Å²) in [5, 5.41) is 1.03. The molecule has 24 heavy (non-hydrogen) atoms. The fourth-order valence-corrected chi connectivity index (χ4v) is 3.26. The van der Waals surface area contributed by atoms with Crippen LogP contribution in [0.2, 0.25) is 0 Å². The number of thiazole rings is 1. The van der Waals surface area contributed by atoms with Crippen molar-refractivity contribution in [2.24, 2.45) is 5.73 Å². The van der Waals surface area contributed by atoms with Crippen molar-refractivity contribution in [1.29, 1.82) is 0 Å². The molecule has 134 valence electrons. The maximum Gasteiger partial charge on any atom is 0.265 e. The molecule has 4 nitrogen and oxygen atoms in total. The van der Waals surface area contributed by atoms with E-state index in [1.54, 1.807) is 6.20 Å². The molecule has 0 spiro atoms. The Labute approximate surface area is 160 Å². The minimum atomic E-state index is 0. The number of amides is 1. The number of nitrogens with zero attached hydrogens (tertiary/aromatic N) is 2. The first-order valence-electron chi connectivity index (χ1n) is 7.72. The van der Waals surface area contributed by atoms with E-state index in [1.807, 2.05) is 23.1 Å².